The molecule has 4 heterocycles. The van der Waals surface area contributed by atoms with Crippen molar-refractivity contribution >= 4 is 12.0 Å². The van der Waals surface area contributed by atoms with Crippen molar-refractivity contribution in [3.05, 3.63) is 28.8 Å². The fourth-order valence-corrected chi connectivity index (χ4v) is 4.16. The minimum atomic E-state index is -0.0304. The second-order valence-corrected chi connectivity index (χ2v) is 7.37. The van der Waals surface area contributed by atoms with Crippen LogP contribution in [0.5, 0.6) is 0 Å². The highest BCUT2D eigenvalue weighted by molar-refractivity contribution is 5.79. The van der Waals surface area contributed by atoms with E-state index in [1.54, 1.807) is 0 Å². The number of hydrogen-bond acceptors (Lipinski definition) is 4. The van der Waals surface area contributed by atoms with Gasteiger partial charge in [-0.25, -0.2) is 9.98 Å². The molecule has 6 heteroatoms. The molecule has 0 aromatic carbocycles. The number of aromatic nitrogens is 2. The third-order valence-electron chi connectivity index (χ3n) is 5.47. The molecule has 2 saturated heterocycles. The Morgan fingerprint density at radius 3 is 2.88 bits per heavy atom. The Kier molecular flexibility index (Phi) is 4.70. The zero-order valence-electron chi connectivity index (χ0n) is 14.9. The first kappa shape index (κ1) is 16.5. The van der Waals surface area contributed by atoms with Crippen molar-refractivity contribution in [2.75, 3.05) is 26.2 Å². The number of nitrogens with one attached hydrogen (secondary N) is 1. The molecule has 6 nitrogen and oxygen atoms in total. The van der Waals surface area contributed by atoms with E-state index < -0.39 is 0 Å². The Hall–Kier alpha value is -1.95. The summed E-state index contributed by atoms with van der Waals surface area (Å²) >= 11 is 0. The number of nitrogens with zero attached hydrogens (tertiary/aromatic N) is 4. The number of H-pyrrole nitrogens is 1. The van der Waals surface area contributed by atoms with E-state index in [-0.39, 0.29) is 12.1 Å². The number of fused-ring (bicyclic) bond motifs is 1. The molecule has 1 N–H and O–H groups in total. The summed E-state index contributed by atoms with van der Waals surface area (Å²) < 4.78 is 0. The number of imidazole rings is 1. The van der Waals surface area contributed by atoms with Crippen LogP contribution in [0.15, 0.2) is 17.1 Å². The topological polar surface area (TPSA) is 64.6 Å². The molecule has 134 valence electrons. The summed E-state index contributed by atoms with van der Waals surface area (Å²) in [5.74, 6) is 1.35. The predicted molar refractivity (Wildman–Crippen MR) is 96.2 cm³/mol. The van der Waals surface area contributed by atoms with Crippen LogP contribution in [0.1, 0.15) is 37.9 Å². The van der Waals surface area contributed by atoms with Crippen LogP contribution in [-0.4, -0.2) is 58.0 Å². The van der Waals surface area contributed by atoms with Gasteiger partial charge < -0.3 is 9.88 Å². The van der Waals surface area contributed by atoms with Gasteiger partial charge in [-0.15, -0.1) is 0 Å². The predicted octanol–water partition coefficient (Wildman–Crippen LogP) is 0.739. The number of aryl methyl sites for hydroxylation is 1. The van der Waals surface area contributed by atoms with Gasteiger partial charge in [-0.3, -0.25) is 9.69 Å². The first-order valence-electron chi connectivity index (χ1n) is 9.52. The number of carbonyl (C=O) groups excluding carboxylic acids is 1. The summed E-state index contributed by atoms with van der Waals surface area (Å²) in [6.45, 7) is 5.61. The average Bonchev–Trinajstić information content (AvgIpc) is 2.88. The van der Waals surface area contributed by atoms with Crippen LogP contribution >= 0.6 is 0 Å². The van der Waals surface area contributed by atoms with Gasteiger partial charge in [0.05, 0.1) is 11.3 Å². The minimum absolute atomic E-state index is 0.0304. The molecule has 1 amide bonds. The summed E-state index contributed by atoms with van der Waals surface area (Å²) in [4.78, 5) is 29.9. The zero-order chi connectivity index (χ0) is 17.2. The molecule has 0 aliphatic carbocycles. The van der Waals surface area contributed by atoms with Crippen LogP contribution in [0.25, 0.3) is 6.08 Å². The number of likely N-dealkylation sites (tertiary alicyclic amines) is 2. The second-order valence-electron chi connectivity index (χ2n) is 7.37. The van der Waals surface area contributed by atoms with Gasteiger partial charge in [0.1, 0.15) is 12.0 Å². The van der Waals surface area contributed by atoms with Crippen molar-refractivity contribution in [3.63, 3.8) is 0 Å². The highest BCUT2D eigenvalue weighted by atomic mass is 16.2. The number of allylic oxidation sites excluding steroid dienone is 1. The molecule has 25 heavy (non-hydrogen) atoms. The largest absolute Gasteiger partial charge is 0.342 e. The van der Waals surface area contributed by atoms with Gasteiger partial charge in [0.2, 0.25) is 5.91 Å². The van der Waals surface area contributed by atoms with E-state index in [1.807, 2.05) is 19.1 Å². The quantitative estimate of drug-likeness (QED) is 0.863. The van der Waals surface area contributed by atoms with E-state index in [2.05, 4.69) is 25.8 Å². The van der Waals surface area contributed by atoms with Crippen molar-refractivity contribution in [2.45, 2.75) is 45.2 Å². The van der Waals surface area contributed by atoms with E-state index in [4.69, 9.17) is 4.99 Å². The highest BCUT2D eigenvalue weighted by Gasteiger charge is 2.32. The number of piperidine rings is 2. The molecule has 2 unspecified atom stereocenters. The van der Waals surface area contributed by atoms with E-state index in [9.17, 15) is 4.79 Å². The van der Waals surface area contributed by atoms with Gasteiger partial charge in [-0.05, 0) is 51.2 Å². The summed E-state index contributed by atoms with van der Waals surface area (Å²) in [7, 11) is 0. The van der Waals surface area contributed by atoms with E-state index in [0.717, 1.165) is 68.5 Å². The van der Waals surface area contributed by atoms with E-state index >= 15 is 0 Å². The molecule has 0 saturated carbocycles. The lowest BCUT2D eigenvalue weighted by molar-refractivity contribution is -0.138. The molecule has 3 aliphatic heterocycles. The molecule has 1 aromatic rings. The average molecular weight is 341 g/mol. The molecule has 2 fully saturated rings. The highest BCUT2D eigenvalue weighted by Crippen LogP contribution is 2.23. The van der Waals surface area contributed by atoms with Gasteiger partial charge in [-0.2, -0.15) is 0 Å². The standard InChI is InChI=1S/C19H27N5O/c1-14-20-16-8-5-9-17(22-18(16)21-14)24-12-6-7-15(13-24)19(25)23-10-3-2-4-11-23/h5,8-9,15,17H,2-4,6-7,10-13H2,1H3,(H,20,21,22). The number of aromatic amines is 1. The summed E-state index contributed by atoms with van der Waals surface area (Å²) in [6.07, 6.45) is 11.8. The molecule has 4 rings (SSSR count). The van der Waals surface area contributed by atoms with E-state index in [1.165, 1.54) is 6.42 Å². The van der Waals surface area contributed by atoms with Crippen LogP contribution in [0, 0.1) is 12.8 Å². The molecule has 3 aliphatic rings. The van der Waals surface area contributed by atoms with Crippen LogP contribution in [0.2, 0.25) is 0 Å². The first-order valence-corrected chi connectivity index (χ1v) is 9.52. The van der Waals surface area contributed by atoms with E-state index in [0.29, 0.717) is 5.91 Å². The summed E-state index contributed by atoms with van der Waals surface area (Å²) in [5.41, 5.74) is 0.775. The maximum atomic E-state index is 12.9. The Labute approximate surface area is 148 Å². The Morgan fingerprint density at radius 1 is 1.20 bits per heavy atom. The minimum Gasteiger partial charge on any atom is -0.342 e. The fourth-order valence-electron chi connectivity index (χ4n) is 4.16. The van der Waals surface area contributed by atoms with Crippen molar-refractivity contribution in [2.24, 2.45) is 10.9 Å². The van der Waals surface area contributed by atoms with Gasteiger partial charge in [0.25, 0.3) is 0 Å². The van der Waals surface area contributed by atoms with Crippen LogP contribution in [-0.2, 0) is 4.79 Å². The molecule has 1 aromatic heterocycles. The lowest BCUT2D eigenvalue weighted by atomic mass is 9.95. The fraction of sp³-hybridized carbons (Fsp3) is 0.632. The van der Waals surface area contributed by atoms with Crippen molar-refractivity contribution in [1.82, 2.24) is 19.8 Å². The number of rotatable bonds is 2. The molecular formula is C19H27N5O. The van der Waals surface area contributed by atoms with Gasteiger partial charge in [0, 0.05) is 26.2 Å². The summed E-state index contributed by atoms with van der Waals surface area (Å²) in [5, 5.41) is 0.967. The van der Waals surface area contributed by atoms with Crippen molar-refractivity contribution in [3.8, 4) is 0 Å². The zero-order valence-corrected chi connectivity index (χ0v) is 14.9. The third kappa shape index (κ3) is 3.54. The molecular weight excluding hydrogens is 314 g/mol. The van der Waals surface area contributed by atoms with Gasteiger partial charge >= 0.3 is 0 Å². The van der Waals surface area contributed by atoms with Crippen LogP contribution in [0.4, 0.5) is 0 Å². The lowest BCUT2D eigenvalue weighted by Gasteiger charge is -2.37. The molecule has 0 radical (unpaired) electrons. The first-order chi connectivity index (χ1) is 12.2. The lowest BCUT2D eigenvalue weighted by Crippen LogP contribution is -2.48. The number of carbonyl (C=O) groups is 1. The molecule has 0 spiro atoms. The maximum Gasteiger partial charge on any atom is 0.226 e. The smallest absolute Gasteiger partial charge is 0.226 e. The second kappa shape index (κ2) is 7.12. The normalized spacial score (nSPS) is 27.2. The van der Waals surface area contributed by atoms with Crippen molar-refractivity contribution < 1.29 is 4.79 Å². The third-order valence-corrected chi connectivity index (χ3v) is 5.47. The van der Waals surface area contributed by atoms with Crippen molar-refractivity contribution in [1.29, 1.82) is 0 Å². The maximum absolute atomic E-state index is 12.9. The van der Waals surface area contributed by atoms with Gasteiger partial charge in [-0.1, -0.05) is 6.08 Å². The monoisotopic (exact) mass is 341 g/mol. The Bertz CT molecular complexity index is 774. The summed E-state index contributed by atoms with van der Waals surface area (Å²) in [6, 6.07) is 0. The molecule has 2 atom stereocenters. The Balaban J connectivity index is 1.49. The van der Waals surface area contributed by atoms with Crippen LogP contribution in [0.3, 0.4) is 0 Å². The molecule has 0 bridgehead atoms. The number of hydrogen-bond donors (Lipinski definition) is 1. The SMILES string of the molecule is Cc1nc2c([nH]1)=CC=CC(N1CCCC(C(=O)N3CCCCC3)C1)N=2. The van der Waals surface area contributed by atoms with Crippen LogP contribution < -0.4 is 10.8 Å². The Morgan fingerprint density at radius 2 is 2.04 bits per heavy atom. The number of amides is 1. The van der Waals surface area contributed by atoms with Gasteiger partial charge in [0.15, 0.2) is 5.49 Å².